The van der Waals surface area contributed by atoms with Gasteiger partial charge in [0.25, 0.3) is 0 Å². The molecule has 0 bridgehead atoms. The van der Waals surface area contributed by atoms with Crippen molar-refractivity contribution >= 4 is 115 Å². The largest absolute Gasteiger partial charge is 0.455 e. The molecule has 65 heavy (non-hydrogen) atoms. The van der Waals surface area contributed by atoms with Crippen molar-refractivity contribution in [2.75, 3.05) is 0 Å². The maximum absolute atomic E-state index is 6.93. The molecule has 0 saturated carbocycles. The minimum Gasteiger partial charge on any atom is -0.455 e. The first kappa shape index (κ1) is 37.1. The van der Waals surface area contributed by atoms with Crippen LogP contribution in [0.4, 0.5) is 0 Å². The summed E-state index contributed by atoms with van der Waals surface area (Å²) in [5, 5.41) is 13.3. The molecular weight excluding hydrogens is 795 g/mol. The van der Waals surface area contributed by atoms with Gasteiger partial charge in [-0.15, -0.1) is 0 Å². The fourth-order valence-electron chi connectivity index (χ4n) is 10.1. The van der Waals surface area contributed by atoms with E-state index in [2.05, 4.69) is 194 Å². The smallest absolute Gasteiger partial charge is 0.163 e. The zero-order valence-corrected chi connectivity index (χ0v) is 35.5. The molecule has 0 saturated heterocycles. The summed E-state index contributed by atoms with van der Waals surface area (Å²) >= 11 is 0. The van der Waals surface area contributed by atoms with Crippen molar-refractivity contribution in [2.24, 2.45) is 9.98 Å². The molecule has 0 aliphatic heterocycles. The van der Waals surface area contributed by atoms with Crippen molar-refractivity contribution in [1.82, 2.24) is 4.57 Å². The quantitative estimate of drug-likeness (QED) is 0.124. The zero-order valence-electron chi connectivity index (χ0n) is 35.5. The predicted molar refractivity (Wildman–Crippen MR) is 273 cm³/mol. The molecule has 0 unspecified atom stereocenters. The molecule has 13 aromatic rings. The van der Waals surface area contributed by atoms with Crippen LogP contribution in [0.3, 0.4) is 0 Å². The summed E-state index contributed by atoms with van der Waals surface area (Å²) in [5.41, 5.74) is 10.6. The van der Waals surface area contributed by atoms with Crippen LogP contribution in [0.5, 0.6) is 0 Å². The van der Waals surface area contributed by atoms with Gasteiger partial charge >= 0.3 is 0 Å². The Bertz CT molecular complexity index is 4190. The van der Waals surface area contributed by atoms with Gasteiger partial charge in [0.2, 0.25) is 0 Å². The minimum absolute atomic E-state index is 0.520. The summed E-state index contributed by atoms with van der Waals surface area (Å²) in [7, 11) is 0. The Balaban J connectivity index is 1.13. The summed E-state index contributed by atoms with van der Waals surface area (Å²) in [6, 6.07) is 68.3. The topological polar surface area (TPSA) is 55.9 Å². The van der Waals surface area contributed by atoms with Crippen LogP contribution in [0.25, 0.3) is 109 Å². The first-order valence-electron chi connectivity index (χ1n) is 22.1. The molecule has 0 aliphatic carbocycles. The molecule has 13 rings (SSSR count). The van der Waals surface area contributed by atoms with Crippen LogP contribution in [-0.2, 0) is 0 Å². The van der Waals surface area contributed by atoms with Crippen molar-refractivity contribution in [3.63, 3.8) is 0 Å². The highest BCUT2D eigenvalue weighted by atomic mass is 16.3. The molecular formula is C60H39N3O2. The average molecular weight is 834 g/mol. The molecule has 0 amide bonds. The van der Waals surface area contributed by atoms with Crippen LogP contribution < -0.4 is 0 Å². The number of fused-ring (bicyclic) bond motifs is 13. The Hall–Kier alpha value is -8.54. The van der Waals surface area contributed by atoms with Gasteiger partial charge in [-0.1, -0.05) is 159 Å². The number of hydrogen-bond acceptors (Lipinski definition) is 3. The number of nitrogens with zero attached hydrogens (tertiary/aromatic N) is 3. The van der Waals surface area contributed by atoms with Gasteiger partial charge in [0.05, 0.1) is 33.7 Å². The van der Waals surface area contributed by atoms with E-state index >= 15 is 0 Å². The lowest BCUT2D eigenvalue weighted by Crippen LogP contribution is -2.11. The van der Waals surface area contributed by atoms with Crippen LogP contribution in [0.2, 0.25) is 0 Å². The van der Waals surface area contributed by atoms with Crippen LogP contribution in [0.1, 0.15) is 30.0 Å². The lowest BCUT2D eigenvalue weighted by molar-refractivity contribution is 0.668. The summed E-state index contributed by atoms with van der Waals surface area (Å²) in [5.74, 6) is 0.520. The Morgan fingerprint density at radius 2 is 1.05 bits per heavy atom. The van der Waals surface area contributed by atoms with E-state index in [1.165, 1.54) is 21.5 Å². The second kappa shape index (κ2) is 14.5. The Morgan fingerprint density at radius 1 is 0.431 bits per heavy atom. The van der Waals surface area contributed by atoms with Crippen molar-refractivity contribution in [3.8, 4) is 5.69 Å². The van der Waals surface area contributed by atoms with E-state index in [0.29, 0.717) is 18.0 Å². The number of amidine groups is 1. The third kappa shape index (κ3) is 5.79. The van der Waals surface area contributed by atoms with Gasteiger partial charge in [-0.05, 0) is 75.8 Å². The van der Waals surface area contributed by atoms with Crippen molar-refractivity contribution in [3.05, 3.63) is 217 Å². The molecule has 3 heterocycles. The van der Waals surface area contributed by atoms with Gasteiger partial charge in [-0.2, -0.15) is 0 Å². The monoisotopic (exact) mass is 833 g/mol. The average Bonchev–Trinajstić information content (AvgIpc) is 4.03. The normalized spacial score (nSPS) is 12.7. The van der Waals surface area contributed by atoms with Gasteiger partial charge in [-0.25, -0.2) is 9.98 Å². The molecule has 306 valence electrons. The van der Waals surface area contributed by atoms with Crippen LogP contribution in [0.15, 0.2) is 220 Å². The van der Waals surface area contributed by atoms with Crippen LogP contribution >= 0.6 is 0 Å². The van der Waals surface area contributed by atoms with E-state index < -0.39 is 0 Å². The zero-order chi connectivity index (χ0) is 43.2. The van der Waals surface area contributed by atoms with Gasteiger partial charge in [0.15, 0.2) is 5.84 Å². The number of para-hydroxylation sites is 3. The number of furan rings is 2. The van der Waals surface area contributed by atoms with E-state index in [1.54, 1.807) is 0 Å². The van der Waals surface area contributed by atoms with Crippen LogP contribution in [-0.4, -0.2) is 16.1 Å². The molecule has 0 spiro atoms. The highest BCUT2D eigenvalue weighted by Crippen LogP contribution is 2.41. The first-order chi connectivity index (χ1) is 32.1. The third-order valence-electron chi connectivity index (χ3n) is 13.1. The standard InChI is InChI=1S/C60H39N3O2/c1-3-52(62-60(61-36(2)41-25-14-20-37-16-6-8-21-42(37)41)48-27-15-26-46-45-24-11-13-29-56(45)64-59(46)48)51-34-50-47-31-30-38-17-7-9-22-43(38)58(47)65-57(50)35-55(51)63-53-28-12-10-23-44(53)49-32-39-18-4-5-19-40(39)33-54(49)63/h4-35H,2-3H2,1H3/b61-60-,62-52+. The minimum atomic E-state index is 0.520. The molecule has 5 heteroatoms. The Kier molecular flexibility index (Phi) is 8.27. The maximum Gasteiger partial charge on any atom is 0.163 e. The fraction of sp³-hybridized carbons (Fsp3) is 0.0333. The molecule has 3 aromatic heterocycles. The lowest BCUT2D eigenvalue weighted by Gasteiger charge is -2.16. The van der Waals surface area contributed by atoms with E-state index in [1.807, 2.05) is 18.2 Å². The number of aromatic nitrogens is 1. The number of rotatable bonds is 6. The predicted octanol–water partition coefficient (Wildman–Crippen LogP) is 16.4. The molecule has 0 atom stereocenters. The van der Waals surface area contributed by atoms with Crippen molar-refractivity contribution in [1.29, 1.82) is 0 Å². The molecule has 0 fully saturated rings. The third-order valence-corrected chi connectivity index (χ3v) is 13.1. The van der Waals surface area contributed by atoms with E-state index in [0.717, 1.165) is 105 Å². The Morgan fingerprint density at radius 3 is 1.88 bits per heavy atom. The maximum atomic E-state index is 6.93. The highest BCUT2D eigenvalue weighted by molar-refractivity contribution is 6.23. The van der Waals surface area contributed by atoms with Gasteiger partial charge < -0.3 is 13.4 Å². The van der Waals surface area contributed by atoms with Crippen molar-refractivity contribution in [2.45, 2.75) is 13.3 Å². The fourth-order valence-corrected chi connectivity index (χ4v) is 10.1. The van der Waals surface area contributed by atoms with Gasteiger partial charge in [0, 0.05) is 54.9 Å². The van der Waals surface area contributed by atoms with E-state index in [9.17, 15) is 0 Å². The number of hydrogen-bond donors (Lipinski definition) is 0. The lowest BCUT2D eigenvalue weighted by atomic mass is 9.99. The molecule has 0 radical (unpaired) electrons. The van der Waals surface area contributed by atoms with E-state index in [-0.39, 0.29) is 0 Å². The number of aliphatic imine (C=N–C) groups is 2. The van der Waals surface area contributed by atoms with Crippen LogP contribution in [0, 0.1) is 0 Å². The molecule has 0 aliphatic rings. The van der Waals surface area contributed by atoms with E-state index in [4.69, 9.17) is 18.8 Å². The molecule has 10 aromatic carbocycles. The highest BCUT2D eigenvalue weighted by Gasteiger charge is 2.23. The van der Waals surface area contributed by atoms with Gasteiger partial charge in [0.1, 0.15) is 22.3 Å². The summed E-state index contributed by atoms with van der Waals surface area (Å²) < 4.78 is 16.0. The summed E-state index contributed by atoms with van der Waals surface area (Å²) in [6.45, 7) is 6.78. The SMILES string of the molecule is C=C(/N=C(\N=C(/CC)c1cc2c(cc1-n1c3ccccc3c3cc4ccccc4cc31)oc1c3ccccc3ccc21)c1cccc2c1oc1ccccc12)c1cccc2ccccc12. The number of benzene rings is 10. The second-order valence-electron chi connectivity index (χ2n) is 16.8. The first-order valence-corrected chi connectivity index (χ1v) is 22.1. The summed E-state index contributed by atoms with van der Waals surface area (Å²) in [6.07, 6.45) is 0.604. The molecule has 5 nitrogen and oxygen atoms in total. The van der Waals surface area contributed by atoms with Crippen molar-refractivity contribution < 1.29 is 8.83 Å². The summed E-state index contributed by atoms with van der Waals surface area (Å²) in [4.78, 5) is 11.1. The second-order valence-corrected chi connectivity index (χ2v) is 16.8. The van der Waals surface area contributed by atoms with Gasteiger partial charge in [-0.3, -0.25) is 0 Å². The Labute approximate surface area is 373 Å². The molecule has 0 N–H and O–H groups in total.